The maximum absolute atomic E-state index is 13.2. The fourth-order valence-corrected chi connectivity index (χ4v) is 5.77. The van der Waals surface area contributed by atoms with Crippen LogP contribution < -0.4 is 11.2 Å². The third kappa shape index (κ3) is 4.42. The molecule has 0 spiro atoms. The predicted octanol–water partition coefficient (Wildman–Crippen LogP) is 4.71. The van der Waals surface area contributed by atoms with Crippen molar-refractivity contribution >= 4 is 5.78 Å². The highest BCUT2D eigenvalue weighted by Gasteiger charge is 2.39. The SMILES string of the molecule is CCCC(=O)C1(C)CCCc2c(Cc3c(C)cc(-n4nc(C)c(=O)[nH]c4=O)cc3C)ccc(C)c21. The van der Waals surface area contributed by atoms with Gasteiger partial charge in [-0.15, -0.1) is 0 Å². The molecule has 0 saturated carbocycles. The van der Waals surface area contributed by atoms with Crippen molar-refractivity contribution in [2.75, 3.05) is 0 Å². The number of aromatic amines is 1. The van der Waals surface area contributed by atoms with Gasteiger partial charge in [-0.05, 0) is 118 Å². The van der Waals surface area contributed by atoms with Crippen LogP contribution in [-0.4, -0.2) is 20.5 Å². The zero-order chi connectivity index (χ0) is 25.5. The number of hydrogen-bond donors (Lipinski definition) is 1. The van der Waals surface area contributed by atoms with Gasteiger partial charge in [-0.2, -0.15) is 9.78 Å². The predicted molar refractivity (Wildman–Crippen MR) is 139 cm³/mol. The Morgan fingerprint density at radius 2 is 1.77 bits per heavy atom. The molecule has 0 fully saturated rings. The fourth-order valence-electron chi connectivity index (χ4n) is 5.77. The number of ketones is 1. The second-order valence-corrected chi connectivity index (χ2v) is 10.2. The van der Waals surface area contributed by atoms with Gasteiger partial charge >= 0.3 is 5.69 Å². The molecule has 0 saturated heterocycles. The van der Waals surface area contributed by atoms with Crippen molar-refractivity contribution in [1.29, 1.82) is 0 Å². The van der Waals surface area contributed by atoms with Crippen LogP contribution in [0, 0.1) is 27.7 Å². The Kier molecular flexibility index (Phi) is 6.67. The molecule has 0 radical (unpaired) electrons. The number of nitrogens with zero attached hydrogens (tertiary/aromatic N) is 2. The Morgan fingerprint density at radius 3 is 2.43 bits per heavy atom. The van der Waals surface area contributed by atoms with Crippen molar-refractivity contribution in [3.63, 3.8) is 0 Å². The number of carbonyl (C=O) groups excluding carboxylic acids is 1. The van der Waals surface area contributed by atoms with Gasteiger partial charge in [0.15, 0.2) is 0 Å². The molecule has 1 aliphatic carbocycles. The molecule has 3 aromatic rings. The van der Waals surface area contributed by atoms with Crippen molar-refractivity contribution in [3.8, 4) is 5.69 Å². The number of aryl methyl sites for hydroxylation is 4. The Bertz CT molecular complexity index is 1410. The summed E-state index contributed by atoms with van der Waals surface area (Å²) in [6.07, 6.45) is 5.19. The molecular weight excluding hydrogens is 438 g/mol. The first-order chi connectivity index (χ1) is 16.6. The average Bonchev–Trinajstić information content (AvgIpc) is 2.80. The summed E-state index contributed by atoms with van der Waals surface area (Å²) in [5.41, 5.74) is 7.85. The molecule has 35 heavy (non-hydrogen) atoms. The second-order valence-electron chi connectivity index (χ2n) is 10.2. The van der Waals surface area contributed by atoms with Crippen molar-refractivity contribution < 1.29 is 4.79 Å². The van der Waals surface area contributed by atoms with E-state index in [1.807, 2.05) is 26.0 Å². The smallest absolute Gasteiger partial charge is 0.299 e. The number of fused-ring (bicyclic) bond motifs is 1. The van der Waals surface area contributed by atoms with Crippen molar-refractivity contribution in [2.45, 2.75) is 85.5 Å². The zero-order valence-electron chi connectivity index (χ0n) is 21.7. The lowest BCUT2D eigenvalue weighted by molar-refractivity contribution is -0.124. The Morgan fingerprint density at radius 1 is 1.09 bits per heavy atom. The number of nitrogens with one attached hydrogen (secondary N) is 1. The average molecular weight is 474 g/mol. The van der Waals surface area contributed by atoms with Crippen LogP contribution in [0.2, 0.25) is 0 Å². The molecule has 0 aliphatic heterocycles. The first-order valence-electron chi connectivity index (χ1n) is 12.5. The van der Waals surface area contributed by atoms with Gasteiger partial charge in [0.05, 0.1) is 11.1 Å². The third-order valence-corrected chi connectivity index (χ3v) is 7.65. The normalized spacial score (nSPS) is 17.3. The molecule has 6 heteroatoms. The van der Waals surface area contributed by atoms with Crippen LogP contribution >= 0.6 is 0 Å². The first-order valence-corrected chi connectivity index (χ1v) is 12.5. The van der Waals surface area contributed by atoms with Crippen molar-refractivity contribution in [1.82, 2.24) is 14.8 Å². The van der Waals surface area contributed by atoms with Gasteiger partial charge in [0, 0.05) is 6.42 Å². The van der Waals surface area contributed by atoms with Crippen LogP contribution in [0.3, 0.4) is 0 Å². The molecule has 1 heterocycles. The maximum Gasteiger partial charge on any atom is 0.349 e. The number of H-pyrrole nitrogens is 1. The lowest BCUT2D eigenvalue weighted by Crippen LogP contribution is -2.37. The number of hydrogen-bond acceptors (Lipinski definition) is 4. The fraction of sp³-hybridized carbons (Fsp3) is 0.448. The van der Waals surface area contributed by atoms with Crippen LogP contribution in [0.4, 0.5) is 0 Å². The molecule has 6 nitrogen and oxygen atoms in total. The minimum Gasteiger partial charge on any atom is -0.299 e. The van der Waals surface area contributed by atoms with E-state index in [-0.39, 0.29) is 5.69 Å². The summed E-state index contributed by atoms with van der Waals surface area (Å²) in [7, 11) is 0. The van der Waals surface area contributed by atoms with E-state index in [0.29, 0.717) is 17.9 Å². The van der Waals surface area contributed by atoms with E-state index in [2.05, 4.69) is 43.0 Å². The second kappa shape index (κ2) is 9.40. The highest BCUT2D eigenvalue weighted by molar-refractivity contribution is 5.91. The van der Waals surface area contributed by atoms with Gasteiger partial charge in [0.25, 0.3) is 5.56 Å². The van der Waals surface area contributed by atoms with Gasteiger partial charge in [0.2, 0.25) is 0 Å². The third-order valence-electron chi connectivity index (χ3n) is 7.65. The van der Waals surface area contributed by atoms with E-state index >= 15 is 0 Å². The lowest BCUT2D eigenvalue weighted by atomic mass is 9.65. The molecule has 4 rings (SSSR count). The minimum absolute atomic E-state index is 0.246. The number of Topliss-reactive ketones (excluding diaryl/α,β-unsaturated/α-hetero) is 1. The maximum atomic E-state index is 13.2. The van der Waals surface area contributed by atoms with Crippen molar-refractivity contribution in [3.05, 3.63) is 89.7 Å². The van der Waals surface area contributed by atoms with Crippen LogP contribution in [0.5, 0.6) is 0 Å². The monoisotopic (exact) mass is 473 g/mol. The summed E-state index contributed by atoms with van der Waals surface area (Å²) < 4.78 is 1.25. The molecule has 0 amide bonds. The number of aromatic nitrogens is 3. The van der Waals surface area contributed by atoms with Crippen LogP contribution in [0.25, 0.3) is 5.69 Å². The van der Waals surface area contributed by atoms with Crippen molar-refractivity contribution in [2.24, 2.45) is 0 Å². The van der Waals surface area contributed by atoms with Gasteiger partial charge in [0.1, 0.15) is 11.5 Å². The number of benzene rings is 2. The van der Waals surface area contributed by atoms with E-state index in [1.54, 1.807) is 6.92 Å². The Balaban J connectivity index is 1.77. The number of rotatable bonds is 6. The van der Waals surface area contributed by atoms with Gasteiger partial charge in [-0.1, -0.05) is 19.1 Å². The van der Waals surface area contributed by atoms with E-state index in [0.717, 1.165) is 43.2 Å². The van der Waals surface area contributed by atoms with E-state index in [4.69, 9.17) is 0 Å². The quantitative estimate of drug-likeness (QED) is 0.562. The first kappa shape index (κ1) is 24.8. The topological polar surface area (TPSA) is 84.8 Å². The van der Waals surface area contributed by atoms with Gasteiger partial charge in [-0.25, -0.2) is 4.79 Å². The van der Waals surface area contributed by atoms with E-state index in [9.17, 15) is 14.4 Å². The summed E-state index contributed by atoms with van der Waals surface area (Å²) in [6.45, 7) is 12.0. The Labute approximate surface area is 206 Å². The zero-order valence-corrected chi connectivity index (χ0v) is 21.7. The largest absolute Gasteiger partial charge is 0.349 e. The van der Waals surface area contributed by atoms with Gasteiger partial charge < -0.3 is 0 Å². The summed E-state index contributed by atoms with van der Waals surface area (Å²) >= 11 is 0. The lowest BCUT2D eigenvalue weighted by Gasteiger charge is -2.37. The molecule has 1 N–H and O–H groups in total. The highest BCUT2D eigenvalue weighted by Crippen LogP contribution is 2.42. The molecule has 184 valence electrons. The standard InChI is InChI=1S/C29H35N3O3/c1-7-9-25(33)29(6)13-8-10-23-21(12-11-17(2)26(23)29)16-24-18(3)14-22(15-19(24)4)32-28(35)30-27(34)20(5)31-32/h11-12,14-15H,7-10,13,16H2,1-6H3,(H,30,34,35). The van der Waals surface area contributed by atoms with Gasteiger partial charge in [-0.3, -0.25) is 14.6 Å². The summed E-state index contributed by atoms with van der Waals surface area (Å²) in [5.74, 6) is 0.354. The van der Waals surface area contributed by atoms with Crippen LogP contribution in [0.1, 0.15) is 84.2 Å². The molecule has 1 aliphatic rings. The molecule has 1 aromatic heterocycles. The summed E-state index contributed by atoms with van der Waals surface area (Å²) in [4.78, 5) is 39.6. The molecule has 2 aromatic carbocycles. The molecule has 1 unspecified atom stereocenters. The Hall–Kier alpha value is -3.28. The molecular formula is C29H35N3O3. The van der Waals surface area contributed by atoms with E-state index < -0.39 is 16.7 Å². The minimum atomic E-state index is -0.546. The summed E-state index contributed by atoms with van der Waals surface area (Å²) in [6, 6.07) is 8.28. The van der Waals surface area contributed by atoms with Crippen LogP contribution in [0.15, 0.2) is 33.9 Å². The summed E-state index contributed by atoms with van der Waals surface area (Å²) in [5, 5.41) is 4.18. The van der Waals surface area contributed by atoms with Crippen LogP contribution in [-0.2, 0) is 23.1 Å². The van der Waals surface area contributed by atoms with E-state index in [1.165, 1.54) is 32.5 Å². The molecule has 1 atom stereocenters. The highest BCUT2D eigenvalue weighted by atomic mass is 16.2. The number of carbonyl (C=O) groups is 1. The molecule has 0 bridgehead atoms.